The average Bonchev–Trinajstić information content (AvgIpc) is 2.50. The van der Waals surface area contributed by atoms with Crippen molar-refractivity contribution in [1.29, 1.82) is 0 Å². The van der Waals surface area contributed by atoms with Crippen molar-refractivity contribution >= 4 is 17.6 Å². The van der Waals surface area contributed by atoms with Crippen LogP contribution in [-0.2, 0) is 0 Å². The van der Waals surface area contributed by atoms with E-state index in [0.717, 1.165) is 6.29 Å². The standard InChI is InChI=1S/C8H11NO2S/c1-5(2)7(11)8-9-3-6(4-10)12-8/h3-5,7,11H,1-2H3. The molecule has 1 aromatic rings. The minimum absolute atomic E-state index is 0.135. The second-order valence-corrected chi connectivity index (χ2v) is 4.00. The quantitative estimate of drug-likeness (QED) is 0.728. The number of hydrogen-bond donors (Lipinski definition) is 1. The zero-order valence-corrected chi connectivity index (χ0v) is 7.84. The molecule has 0 saturated heterocycles. The molecule has 0 bridgehead atoms. The largest absolute Gasteiger partial charge is 0.386 e. The van der Waals surface area contributed by atoms with Gasteiger partial charge in [0.1, 0.15) is 11.1 Å². The first-order valence-corrected chi connectivity index (χ1v) is 4.55. The molecule has 3 nitrogen and oxygen atoms in total. The Balaban J connectivity index is 2.81. The van der Waals surface area contributed by atoms with E-state index in [1.807, 2.05) is 13.8 Å². The van der Waals surface area contributed by atoms with Crippen LogP contribution in [0.2, 0.25) is 0 Å². The summed E-state index contributed by atoms with van der Waals surface area (Å²) in [4.78, 5) is 14.8. The minimum Gasteiger partial charge on any atom is -0.386 e. The van der Waals surface area contributed by atoms with Crippen LogP contribution in [0.5, 0.6) is 0 Å². The summed E-state index contributed by atoms with van der Waals surface area (Å²) in [5, 5.41) is 10.2. The predicted molar refractivity (Wildman–Crippen MR) is 47.3 cm³/mol. The van der Waals surface area contributed by atoms with Crippen molar-refractivity contribution in [2.24, 2.45) is 5.92 Å². The van der Waals surface area contributed by atoms with Crippen LogP contribution in [0, 0.1) is 5.92 Å². The maximum atomic E-state index is 10.3. The molecule has 1 unspecified atom stereocenters. The lowest BCUT2D eigenvalue weighted by Gasteiger charge is -2.09. The van der Waals surface area contributed by atoms with E-state index in [-0.39, 0.29) is 5.92 Å². The van der Waals surface area contributed by atoms with Crippen LogP contribution in [0.1, 0.15) is 34.6 Å². The summed E-state index contributed by atoms with van der Waals surface area (Å²) in [6, 6.07) is 0. The fraction of sp³-hybridized carbons (Fsp3) is 0.500. The first kappa shape index (κ1) is 9.35. The van der Waals surface area contributed by atoms with E-state index in [2.05, 4.69) is 4.98 Å². The Morgan fingerprint density at radius 2 is 2.33 bits per heavy atom. The molecule has 0 amide bonds. The average molecular weight is 185 g/mol. The summed E-state index contributed by atoms with van der Waals surface area (Å²) in [7, 11) is 0. The molecule has 0 fully saturated rings. The van der Waals surface area contributed by atoms with E-state index < -0.39 is 6.10 Å². The van der Waals surface area contributed by atoms with Gasteiger partial charge in [-0.3, -0.25) is 4.79 Å². The molecule has 1 rings (SSSR count). The molecule has 1 N–H and O–H groups in total. The molecule has 1 atom stereocenters. The number of carbonyl (C=O) groups excluding carboxylic acids is 1. The lowest BCUT2D eigenvalue weighted by molar-refractivity contribution is 0.112. The van der Waals surface area contributed by atoms with Crippen molar-refractivity contribution in [2.45, 2.75) is 20.0 Å². The first-order chi connectivity index (χ1) is 5.65. The molecule has 0 aliphatic carbocycles. The molecule has 0 saturated carbocycles. The smallest absolute Gasteiger partial charge is 0.161 e. The van der Waals surface area contributed by atoms with Crippen LogP contribution < -0.4 is 0 Å². The summed E-state index contributed by atoms with van der Waals surface area (Å²) in [6.45, 7) is 3.82. The molecular weight excluding hydrogens is 174 g/mol. The van der Waals surface area contributed by atoms with Gasteiger partial charge >= 0.3 is 0 Å². The normalized spacial score (nSPS) is 13.3. The minimum atomic E-state index is -0.552. The lowest BCUT2D eigenvalue weighted by atomic mass is 10.1. The van der Waals surface area contributed by atoms with Gasteiger partial charge in [0, 0.05) is 6.20 Å². The number of nitrogens with zero attached hydrogens (tertiary/aromatic N) is 1. The van der Waals surface area contributed by atoms with Gasteiger partial charge in [-0.1, -0.05) is 13.8 Å². The fourth-order valence-electron chi connectivity index (χ4n) is 0.777. The monoisotopic (exact) mass is 185 g/mol. The van der Waals surface area contributed by atoms with Gasteiger partial charge in [-0.25, -0.2) is 4.98 Å². The van der Waals surface area contributed by atoms with E-state index in [9.17, 15) is 9.90 Å². The molecule has 1 heterocycles. The Kier molecular flexibility index (Phi) is 2.94. The maximum absolute atomic E-state index is 10.3. The fourth-order valence-corrected chi connectivity index (χ4v) is 1.67. The van der Waals surface area contributed by atoms with Crippen LogP contribution in [0.15, 0.2) is 6.20 Å². The Bertz CT molecular complexity index is 270. The number of carbonyl (C=O) groups is 1. The van der Waals surface area contributed by atoms with Gasteiger partial charge in [-0.2, -0.15) is 0 Å². The van der Waals surface area contributed by atoms with Gasteiger partial charge in [0.2, 0.25) is 0 Å². The molecule has 0 aromatic carbocycles. The van der Waals surface area contributed by atoms with Crippen molar-refractivity contribution in [1.82, 2.24) is 4.98 Å². The predicted octanol–water partition coefficient (Wildman–Crippen LogP) is 1.65. The van der Waals surface area contributed by atoms with Crippen LogP contribution >= 0.6 is 11.3 Å². The molecule has 0 spiro atoms. The molecule has 0 aliphatic rings. The Hall–Kier alpha value is -0.740. The van der Waals surface area contributed by atoms with Gasteiger partial charge in [-0.15, -0.1) is 11.3 Å². The SMILES string of the molecule is CC(C)C(O)c1ncc(C=O)s1. The topological polar surface area (TPSA) is 50.2 Å². The lowest BCUT2D eigenvalue weighted by Crippen LogP contribution is -2.04. The number of thiazole rings is 1. The first-order valence-electron chi connectivity index (χ1n) is 3.74. The third kappa shape index (κ3) is 1.89. The van der Waals surface area contributed by atoms with Crippen LogP contribution in [0.25, 0.3) is 0 Å². The number of aromatic nitrogens is 1. The Morgan fingerprint density at radius 3 is 2.75 bits per heavy atom. The molecule has 66 valence electrons. The van der Waals surface area contributed by atoms with Crippen molar-refractivity contribution in [3.63, 3.8) is 0 Å². The second-order valence-electron chi connectivity index (χ2n) is 2.91. The van der Waals surface area contributed by atoms with Crippen LogP contribution in [0.3, 0.4) is 0 Å². The Labute approximate surface area is 75.1 Å². The maximum Gasteiger partial charge on any atom is 0.161 e. The molecule has 0 aliphatic heterocycles. The van der Waals surface area contributed by atoms with E-state index in [4.69, 9.17) is 0 Å². The molecule has 0 radical (unpaired) electrons. The highest BCUT2D eigenvalue weighted by atomic mass is 32.1. The number of aliphatic hydroxyl groups excluding tert-OH is 1. The van der Waals surface area contributed by atoms with Gasteiger partial charge in [0.25, 0.3) is 0 Å². The summed E-state index contributed by atoms with van der Waals surface area (Å²) < 4.78 is 0. The highest BCUT2D eigenvalue weighted by Gasteiger charge is 2.15. The van der Waals surface area contributed by atoms with Crippen molar-refractivity contribution < 1.29 is 9.90 Å². The highest BCUT2D eigenvalue weighted by Crippen LogP contribution is 2.24. The van der Waals surface area contributed by atoms with Gasteiger partial charge in [0.05, 0.1) is 4.88 Å². The highest BCUT2D eigenvalue weighted by molar-refractivity contribution is 7.13. The van der Waals surface area contributed by atoms with E-state index >= 15 is 0 Å². The summed E-state index contributed by atoms with van der Waals surface area (Å²) >= 11 is 1.24. The summed E-state index contributed by atoms with van der Waals surface area (Å²) in [5.74, 6) is 0.135. The molecule has 4 heteroatoms. The van der Waals surface area contributed by atoms with Gasteiger partial charge < -0.3 is 5.11 Å². The number of aliphatic hydroxyl groups is 1. The van der Waals surface area contributed by atoms with Gasteiger partial charge in [0.15, 0.2) is 6.29 Å². The molecule has 1 aromatic heterocycles. The molecule has 12 heavy (non-hydrogen) atoms. The number of rotatable bonds is 3. The van der Waals surface area contributed by atoms with Crippen molar-refractivity contribution in [3.8, 4) is 0 Å². The molecular formula is C8H11NO2S. The number of hydrogen-bond acceptors (Lipinski definition) is 4. The van der Waals surface area contributed by atoms with Crippen molar-refractivity contribution in [2.75, 3.05) is 0 Å². The zero-order chi connectivity index (χ0) is 9.14. The zero-order valence-electron chi connectivity index (χ0n) is 7.02. The van der Waals surface area contributed by atoms with E-state index in [1.165, 1.54) is 17.5 Å². The summed E-state index contributed by atoms with van der Waals surface area (Å²) in [5.41, 5.74) is 0. The second kappa shape index (κ2) is 3.78. The summed E-state index contributed by atoms with van der Waals surface area (Å²) in [6.07, 6.45) is 1.68. The third-order valence-electron chi connectivity index (χ3n) is 1.54. The van der Waals surface area contributed by atoms with Crippen LogP contribution in [-0.4, -0.2) is 16.4 Å². The Morgan fingerprint density at radius 1 is 1.67 bits per heavy atom. The van der Waals surface area contributed by atoms with Gasteiger partial charge in [-0.05, 0) is 5.92 Å². The van der Waals surface area contributed by atoms with Crippen LogP contribution in [0.4, 0.5) is 0 Å². The van der Waals surface area contributed by atoms with Crippen molar-refractivity contribution in [3.05, 3.63) is 16.1 Å². The third-order valence-corrected chi connectivity index (χ3v) is 2.54. The van der Waals surface area contributed by atoms with E-state index in [0.29, 0.717) is 9.88 Å². The van der Waals surface area contributed by atoms with E-state index in [1.54, 1.807) is 0 Å². The number of aldehydes is 1.